The summed E-state index contributed by atoms with van der Waals surface area (Å²) in [5, 5.41) is 3.03. The van der Waals surface area contributed by atoms with Crippen molar-refractivity contribution in [2.24, 2.45) is 0 Å². The van der Waals surface area contributed by atoms with Gasteiger partial charge in [-0.25, -0.2) is 0 Å². The number of hydrogen-bond acceptors (Lipinski definition) is 2. The third-order valence-corrected chi connectivity index (χ3v) is 4.06. The number of rotatable bonds is 5. The molecule has 2 aromatic heterocycles. The van der Waals surface area contributed by atoms with Crippen molar-refractivity contribution in [2.45, 2.75) is 26.4 Å². The molecule has 0 saturated carbocycles. The highest BCUT2D eigenvalue weighted by atomic mass is 16.2. The molecule has 1 atom stereocenters. The molecule has 0 aliphatic rings. The first-order valence-electron chi connectivity index (χ1n) is 8.16. The zero-order valence-corrected chi connectivity index (χ0v) is 13.9. The van der Waals surface area contributed by atoms with E-state index in [1.54, 1.807) is 6.20 Å². The van der Waals surface area contributed by atoms with Gasteiger partial charge in [-0.3, -0.25) is 9.78 Å². The second-order valence-corrected chi connectivity index (χ2v) is 5.72. The summed E-state index contributed by atoms with van der Waals surface area (Å²) < 4.78 is 1.98. The molecule has 1 N–H and O–H groups in total. The molecule has 0 aliphatic heterocycles. The van der Waals surface area contributed by atoms with Gasteiger partial charge in [0.05, 0.1) is 11.7 Å². The van der Waals surface area contributed by atoms with Gasteiger partial charge in [0.25, 0.3) is 5.91 Å². The lowest BCUT2D eigenvalue weighted by atomic mass is 10.1. The summed E-state index contributed by atoms with van der Waals surface area (Å²) >= 11 is 0. The van der Waals surface area contributed by atoms with Crippen molar-refractivity contribution in [1.82, 2.24) is 14.9 Å². The van der Waals surface area contributed by atoms with E-state index in [9.17, 15) is 4.79 Å². The van der Waals surface area contributed by atoms with Crippen LogP contribution in [-0.4, -0.2) is 15.5 Å². The van der Waals surface area contributed by atoms with Gasteiger partial charge in [-0.15, -0.1) is 0 Å². The summed E-state index contributed by atoms with van der Waals surface area (Å²) in [4.78, 5) is 17.0. The monoisotopic (exact) mass is 319 g/mol. The van der Waals surface area contributed by atoms with Gasteiger partial charge in [-0.1, -0.05) is 36.4 Å². The molecule has 24 heavy (non-hydrogen) atoms. The first-order chi connectivity index (χ1) is 11.7. The Bertz CT molecular complexity index is 809. The molecule has 0 spiro atoms. The molecule has 0 radical (unpaired) electrons. The minimum Gasteiger partial charge on any atom is -0.343 e. The van der Waals surface area contributed by atoms with Crippen molar-refractivity contribution >= 4 is 5.91 Å². The average molecular weight is 319 g/mol. The molecule has 1 aromatic carbocycles. The number of aryl methyl sites for hydroxylation is 1. The van der Waals surface area contributed by atoms with Crippen molar-refractivity contribution < 1.29 is 4.79 Å². The largest absolute Gasteiger partial charge is 0.343 e. The van der Waals surface area contributed by atoms with Crippen LogP contribution in [0, 0.1) is 0 Å². The predicted octanol–water partition coefficient (Wildman–Crippen LogP) is 4.06. The van der Waals surface area contributed by atoms with Gasteiger partial charge in [0.1, 0.15) is 5.69 Å². The Morgan fingerprint density at radius 1 is 1.12 bits per heavy atom. The van der Waals surface area contributed by atoms with Crippen LogP contribution in [0.3, 0.4) is 0 Å². The van der Waals surface area contributed by atoms with Crippen LogP contribution in [0.1, 0.15) is 36.1 Å². The molecule has 0 aliphatic carbocycles. The van der Waals surface area contributed by atoms with E-state index in [1.165, 1.54) is 0 Å². The smallest absolute Gasteiger partial charge is 0.268 e. The van der Waals surface area contributed by atoms with Crippen LogP contribution < -0.4 is 5.32 Å². The summed E-state index contributed by atoms with van der Waals surface area (Å²) in [5.41, 5.74) is 3.67. The fraction of sp³-hybridized carbons (Fsp3) is 0.200. The van der Waals surface area contributed by atoms with Gasteiger partial charge >= 0.3 is 0 Å². The molecular formula is C20H21N3O. The van der Waals surface area contributed by atoms with Crippen LogP contribution >= 0.6 is 0 Å². The fourth-order valence-electron chi connectivity index (χ4n) is 2.73. The highest BCUT2D eigenvalue weighted by Crippen LogP contribution is 2.22. The Hall–Kier alpha value is -2.88. The van der Waals surface area contributed by atoms with Gasteiger partial charge in [-0.05, 0) is 37.6 Å². The predicted molar refractivity (Wildman–Crippen MR) is 95.7 cm³/mol. The number of carbonyl (C=O) groups excluding carboxylic acids is 1. The molecule has 3 rings (SSSR count). The number of amides is 1. The molecule has 0 fully saturated rings. The Labute approximate surface area is 142 Å². The molecule has 3 aromatic rings. The maximum absolute atomic E-state index is 12.7. The lowest BCUT2D eigenvalue weighted by Gasteiger charge is -2.14. The average Bonchev–Trinajstić information content (AvgIpc) is 3.08. The van der Waals surface area contributed by atoms with Crippen LogP contribution in [-0.2, 0) is 6.54 Å². The lowest BCUT2D eigenvalue weighted by Crippen LogP contribution is -2.28. The van der Waals surface area contributed by atoms with Gasteiger partial charge < -0.3 is 9.88 Å². The van der Waals surface area contributed by atoms with E-state index in [1.807, 2.05) is 79.2 Å². The number of nitrogens with one attached hydrogen (secondary N) is 1. The van der Waals surface area contributed by atoms with Crippen LogP contribution in [0.15, 0.2) is 67.0 Å². The van der Waals surface area contributed by atoms with E-state index >= 15 is 0 Å². The first kappa shape index (κ1) is 16.0. The second-order valence-electron chi connectivity index (χ2n) is 5.72. The first-order valence-corrected chi connectivity index (χ1v) is 8.16. The fourth-order valence-corrected chi connectivity index (χ4v) is 2.73. The zero-order chi connectivity index (χ0) is 16.9. The summed E-state index contributed by atoms with van der Waals surface area (Å²) in [6.45, 7) is 4.72. The molecular weight excluding hydrogens is 298 g/mol. The summed E-state index contributed by atoms with van der Waals surface area (Å²) in [7, 11) is 0. The molecule has 1 amide bonds. The number of nitrogens with zero attached hydrogens (tertiary/aromatic N) is 2. The molecule has 0 unspecified atom stereocenters. The van der Waals surface area contributed by atoms with Crippen LogP contribution in [0.25, 0.3) is 11.1 Å². The third-order valence-electron chi connectivity index (χ3n) is 4.06. The van der Waals surface area contributed by atoms with E-state index in [4.69, 9.17) is 0 Å². The number of benzene rings is 1. The number of pyridine rings is 1. The minimum absolute atomic E-state index is 0.0859. The molecule has 4 nitrogen and oxygen atoms in total. The maximum atomic E-state index is 12.7. The topological polar surface area (TPSA) is 46.9 Å². The van der Waals surface area contributed by atoms with Gasteiger partial charge in [-0.2, -0.15) is 0 Å². The Morgan fingerprint density at radius 2 is 1.88 bits per heavy atom. The van der Waals surface area contributed by atoms with Gasteiger partial charge in [0.2, 0.25) is 0 Å². The van der Waals surface area contributed by atoms with E-state index in [0.717, 1.165) is 23.4 Å². The van der Waals surface area contributed by atoms with Crippen molar-refractivity contribution in [1.29, 1.82) is 0 Å². The Kier molecular flexibility index (Phi) is 4.75. The highest BCUT2D eigenvalue weighted by Gasteiger charge is 2.17. The highest BCUT2D eigenvalue weighted by molar-refractivity contribution is 5.94. The molecule has 0 bridgehead atoms. The van der Waals surface area contributed by atoms with Crippen LogP contribution in [0.5, 0.6) is 0 Å². The maximum Gasteiger partial charge on any atom is 0.268 e. The number of aromatic nitrogens is 2. The lowest BCUT2D eigenvalue weighted by molar-refractivity contribution is 0.0930. The van der Waals surface area contributed by atoms with Gasteiger partial charge in [0.15, 0.2) is 0 Å². The second kappa shape index (κ2) is 7.13. The van der Waals surface area contributed by atoms with Crippen molar-refractivity contribution in [3.05, 3.63) is 78.4 Å². The van der Waals surface area contributed by atoms with Crippen molar-refractivity contribution in [3.63, 3.8) is 0 Å². The normalized spacial score (nSPS) is 11.9. The summed E-state index contributed by atoms with van der Waals surface area (Å²) in [5.74, 6) is -0.0859. The third kappa shape index (κ3) is 3.38. The van der Waals surface area contributed by atoms with E-state index < -0.39 is 0 Å². The van der Waals surface area contributed by atoms with Crippen LogP contribution in [0.4, 0.5) is 0 Å². The van der Waals surface area contributed by atoms with E-state index in [0.29, 0.717) is 5.69 Å². The van der Waals surface area contributed by atoms with Crippen LogP contribution in [0.2, 0.25) is 0 Å². The summed E-state index contributed by atoms with van der Waals surface area (Å²) in [6.07, 6.45) is 3.76. The van der Waals surface area contributed by atoms with E-state index in [-0.39, 0.29) is 11.9 Å². The SMILES string of the molecule is CCn1cc(-c2ccccc2)cc1C(=O)N[C@@H](C)c1ccccn1. The molecule has 4 heteroatoms. The summed E-state index contributed by atoms with van der Waals surface area (Å²) in [6, 6.07) is 17.6. The van der Waals surface area contributed by atoms with Crippen molar-refractivity contribution in [2.75, 3.05) is 0 Å². The van der Waals surface area contributed by atoms with Crippen molar-refractivity contribution in [3.8, 4) is 11.1 Å². The standard InChI is InChI=1S/C20H21N3O/c1-3-23-14-17(16-9-5-4-6-10-16)13-19(23)20(24)22-15(2)18-11-7-8-12-21-18/h4-15H,3H2,1-2H3,(H,22,24)/t15-/m0/s1. The number of carbonyl (C=O) groups is 1. The quantitative estimate of drug-likeness (QED) is 0.771. The molecule has 2 heterocycles. The molecule has 0 saturated heterocycles. The zero-order valence-electron chi connectivity index (χ0n) is 13.9. The minimum atomic E-state index is -0.140. The Morgan fingerprint density at radius 3 is 2.54 bits per heavy atom. The molecule has 122 valence electrons. The number of hydrogen-bond donors (Lipinski definition) is 1. The van der Waals surface area contributed by atoms with Gasteiger partial charge in [0, 0.05) is 24.5 Å². The Balaban J connectivity index is 1.83. The van der Waals surface area contributed by atoms with E-state index in [2.05, 4.69) is 10.3 Å².